The van der Waals surface area contributed by atoms with Crippen LogP contribution in [0.1, 0.15) is 39.3 Å². The third kappa shape index (κ3) is 6.75. The molecule has 0 aliphatic carbocycles. The summed E-state index contributed by atoms with van der Waals surface area (Å²) in [7, 11) is 0. The van der Waals surface area contributed by atoms with Crippen molar-refractivity contribution in [1.29, 1.82) is 0 Å². The summed E-state index contributed by atoms with van der Waals surface area (Å²) in [6.07, 6.45) is 2.38. The number of rotatable bonds is 7. The molecule has 3 N–H and O–H groups in total. The SMILES string of the molecule is CCCc1cc(=O)[nH]c(SCC(=O)NC(=O)N[C@@H](C)CC)n1. The topological polar surface area (TPSA) is 104 Å². The highest BCUT2D eigenvalue weighted by molar-refractivity contribution is 7.99. The largest absolute Gasteiger partial charge is 0.335 e. The van der Waals surface area contributed by atoms with E-state index in [0.29, 0.717) is 17.3 Å². The van der Waals surface area contributed by atoms with E-state index >= 15 is 0 Å². The average Bonchev–Trinajstić information content (AvgIpc) is 2.44. The van der Waals surface area contributed by atoms with Crippen LogP contribution in [0.2, 0.25) is 0 Å². The van der Waals surface area contributed by atoms with E-state index in [2.05, 4.69) is 20.6 Å². The second kappa shape index (κ2) is 9.24. The van der Waals surface area contributed by atoms with Gasteiger partial charge in [-0.05, 0) is 19.8 Å². The zero-order valence-corrected chi connectivity index (χ0v) is 13.9. The first-order chi connectivity index (χ1) is 10.4. The number of imide groups is 1. The molecule has 0 aliphatic rings. The molecule has 0 aliphatic heterocycles. The molecule has 0 unspecified atom stereocenters. The number of carbonyl (C=O) groups is 2. The Kier molecular flexibility index (Phi) is 7.65. The van der Waals surface area contributed by atoms with Gasteiger partial charge in [0.15, 0.2) is 5.16 Å². The van der Waals surface area contributed by atoms with E-state index in [1.54, 1.807) is 0 Å². The van der Waals surface area contributed by atoms with Gasteiger partial charge in [-0.25, -0.2) is 9.78 Å². The third-order valence-electron chi connectivity index (χ3n) is 2.86. The van der Waals surface area contributed by atoms with Crippen molar-refractivity contribution in [2.45, 2.75) is 51.2 Å². The van der Waals surface area contributed by atoms with E-state index in [4.69, 9.17) is 0 Å². The van der Waals surface area contributed by atoms with Crippen molar-refractivity contribution >= 4 is 23.7 Å². The summed E-state index contributed by atoms with van der Waals surface area (Å²) >= 11 is 1.09. The summed E-state index contributed by atoms with van der Waals surface area (Å²) in [5.41, 5.74) is 0.458. The summed E-state index contributed by atoms with van der Waals surface area (Å²) in [5.74, 6) is -0.429. The van der Waals surface area contributed by atoms with Crippen molar-refractivity contribution < 1.29 is 9.59 Å². The average molecular weight is 326 g/mol. The number of aromatic amines is 1. The van der Waals surface area contributed by atoms with Crippen LogP contribution in [0.25, 0.3) is 0 Å². The van der Waals surface area contributed by atoms with Crippen molar-refractivity contribution in [3.8, 4) is 0 Å². The number of aromatic nitrogens is 2. The van der Waals surface area contributed by atoms with Gasteiger partial charge < -0.3 is 10.3 Å². The van der Waals surface area contributed by atoms with E-state index < -0.39 is 11.9 Å². The van der Waals surface area contributed by atoms with Crippen LogP contribution in [0.5, 0.6) is 0 Å². The van der Waals surface area contributed by atoms with E-state index in [1.165, 1.54) is 6.07 Å². The highest BCUT2D eigenvalue weighted by Gasteiger charge is 2.11. The maximum Gasteiger partial charge on any atom is 0.321 e. The number of H-pyrrole nitrogens is 1. The monoisotopic (exact) mass is 326 g/mol. The normalized spacial score (nSPS) is 11.8. The van der Waals surface area contributed by atoms with Crippen molar-refractivity contribution in [1.82, 2.24) is 20.6 Å². The van der Waals surface area contributed by atoms with Gasteiger partial charge in [0, 0.05) is 17.8 Å². The fourth-order valence-electron chi connectivity index (χ4n) is 1.59. The smallest absolute Gasteiger partial charge is 0.321 e. The van der Waals surface area contributed by atoms with Crippen molar-refractivity contribution in [2.24, 2.45) is 0 Å². The van der Waals surface area contributed by atoms with Crippen LogP contribution in [0.4, 0.5) is 4.79 Å². The summed E-state index contributed by atoms with van der Waals surface area (Å²) < 4.78 is 0. The highest BCUT2D eigenvalue weighted by atomic mass is 32.2. The van der Waals surface area contributed by atoms with E-state index in [0.717, 1.165) is 24.6 Å². The Labute approximate surface area is 133 Å². The fourth-order valence-corrected chi connectivity index (χ4v) is 2.29. The lowest BCUT2D eigenvalue weighted by molar-refractivity contribution is -0.117. The van der Waals surface area contributed by atoms with Crippen LogP contribution < -0.4 is 16.2 Å². The molecule has 1 rings (SSSR count). The van der Waals surface area contributed by atoms with Gasteiger partial charge in [-0.3, -0.25) is 14.9 Å². The lowest BCUT2D eigenvalue weighted by Crippen LogP contribution is -2.43. The molecular weight excluding hydrogens is 304 g/mol. The summed E-state index contributed by atoms with van der Waals surface area (Å²) in [5, 5.41) is 5.26. The van der Waals surface area contributed by atoms with Gasteiger partial charge in [0.1, 0.15) is 0 Å². The number of hydrogen-bond acceptors (Lipinski definition) is 5. The Bertz CT molecular complexity index is 573. The molecule has 0 spiro atoms. The number of hydrogen-bond donors (Lipinski definition) is 3. The van der Waals surface area contributed by atoms with Crippen molar-refractivity contribution in [2.75, 3.05) is 5.75 Å². The Morgan fingerprint density at radius 1 is 1.41 bits per heavy atom. The molecule has 1 aromatic rings. The van der Waals surface area contributed by atoms with Gasteiger partial charge in [0.2, 0.25) is 5.91 Å². The van der Waals surface area contributed by atoms with Crippen molar-refractivity contribution in [3.63, 3.8) is 0 Å². The highest BCUT2D eigenvalue weighted by Crippen LogP contribution is 2.11. The molecule has 0 saturated carbocycles. The van der Waals surface area contributed by atoms with E-state index in [-0.39, 0.29) is 17.4 Å². The fraction of sp³-hybridized carbons (Fsp3) is 0.571. The molecule has 0 fully saturated rings. The van der Waals surface area contributed by atoms with Crippen LogP contribution in [0.3, 0.4) is 0 Å². The third-order valence-corrected chi connectivity index (χ3v) is 3.74. The summed E-state index contributed by atoms with van der Waals surface area (Å²) in [6.45, 7) is 5.79. The molecule has 0 radical (unpaired) electrons. The van der Waals surface area contributed by atoms with Crippen LogP contribution in [0.15, 0.2) is 16.0 Å². The minimum Gasteiger partial charge on any atom is -0.335 e. The number of amides is 3. The Morgan fingerprint density at radius 3 is 2.77 bits per heavy atom. The van der Waals surface area contributed by atoms with Crippen LogP contribution in [0, 0.1) is 0 Å². The van der Waals surface area contributed by atoms with Gasteiger partial charge >= 0.3 is 6.03 Å². The second-order valence-electron chi connectivity index (χ2n) is 4.91. The number of urea groups is 1. The van der Waals surface area contributed by atoms with Gasteiger partial charge in [-0.15, -0.1) is 0 Å². The van der Waals surface area contributed by atoms with Crippen LogP contribution in [-0.2, 0) is 11.2 Å². The molecule has 1 heterocycles. The van der Waals surface area contributed by atoms with E-state index in [9.17, 15) is 14.4 Å². The molecule has 0 saturated heterocycles. The molecule has 1 aromatic heterocycles. The standard InChI is InChI=1S/C14H22N4O3S/c1-4-6-10-7-11(19)18-14(16-10)22-8-12(20)17-13(21)15-9(3)5-2/h7,9H,4-6,8H2,1-3H3,(H,16,18,19)(H2,15,17,20,21)/t9-/m0/s1. The van der Waals surface area contributed by atoms with Gasteiger partial charge in [-0.1, -0.05) is 32.0 Å². The van der Waals surface area contributed by atoms with Gasteiger partial charge in [0.05, 0.1) is 5.75 Å². The first kappa shape index (κ1) is 18.2. The predicted molar refractivity (Wildman–Crippen MR) is 86.0 cm³/mol. The predicted octanol–water partition coefficient (Wildman–Crippen LogP) is 1.44. The molecule has 1 atom stereocenters. The number of nitrogens with one attached hydrogen (secondary N) is 3. The zero-order chi connectivity index (χ0) is 16.5. The number of carbonyl (C=O) groups excluding carboxylic acids is 2. The van der Waals surface area contributed by atoms with E-state index in [1.807, 2.05) is 20.8 Å². The molecule has 3 amide bonds. The first-order valence-electron chi connectivity index (χ1n) is 7.28. The summed E-state index contributed by atoms with van der Waals surface area (Å²) in [6, 6.07) is 0.943. The molecular formula is C14H22N4O3S. The van der Waals surface area contributed by atoms with Crippen LogP contribution >= 0.6 is 11.8 Å². The molecule has 7 nitrogen and oxygen atoms in total. The van der Waals surface area contributed by atoms with Gasteiger partial charge in [-0.2, -0.15) is 0 Å². The Balaban J connectivity index is 2.50. The molecule has 22 heavy (non-hydrogen) atoms. The Morgan fingerprint density at radius 2 is 2.14 bits per heavy atom. The molecule has 8 heteroatoms. The zero-order valence-electron chi connectivity index (χ0n) is 13.1. The molecule has 0 bridgehead atoms. The van der Waals surface area contributed by atoms with Crippen LogP contribution in [-0.4, -0.2) is 33.7 Å². The lowest BCUT2D eigenvalue weighted by Gasteiger charge is -2.11. The lowest BCUT2D eigenvalue weighted by atomic mass is 10.2. The maximum absolute atomic E-state index is 11.7. The minimum absolute atomic E-state index is 0.00389. The number of nitrogens with zero attached hydrogens (tertiary/aromatic N) is 1. The second-order valence-corrected chi connectivity index (χ2v) is 5.88. The first-order valence-corrected chi connectivity index (χ1v) is 8.26. The number of aryl methyl sites for hydroxylation is 1. The molecule has 122 valence electrons. The van der Waals surface area contributed by atoms with Gasteiger partial charge in [0.25, 0.3) is 5.56 Å². The number of thioether (sulfide) groups is 1. The quantitative estimate of drug-likeness (QED) is 0.519. The minimum atomic E-state index is -0.513. The van der Waals surface area contributed by atoms with Crippen molar-refractivity contribution in [3.05, 3.63) is 22.1 Å². The Hall–Kier alpha value is -1.83. The summed E-state index contributed by atoms with van der Waals surface area (Å²) in [4.78, 5) is 41.5. The molecule has 0 aromatic carbocycles. The maximum atomic E-state index is 11.7.